The molecule has 0 amide bonds. The summed E-state index contributed by atoms with van der Waals surface area (Å²) < 4.78 is 7.70. The van der Waals surface area contributed by atoms with E-state index in [1.54, 1.807) is 6.20 Å². The van der Waals surface area contributed by atoms with Crippen LogP contribution in [0.25, 0.3) is 0 Å². The first-order chi connectivity index (χ1) is 5.20. The van der Waals surface area contributed by atoms with Gasteiger partial charge in [-0.3, -0.25) is 0 Å². The molecule has 0 aromatic carbocycles. The Morgan fingerprint density at radius 2 is 2.64 bits per heavy atom. The van der Waals surface area contributed by atoms with Crippen LogP contribution in [0.5, 0.6) is 0 Å². The van der Waals surface area contributed by atoms with E-state index < -0.39 is 6.10 Å². The van der Waals surface area contributed by atoms with Crippen molar-refractivity contribution in [3.8, 4) is 0 Å². The molecule has 1 atom stereocenters. The zero-order valence-electron chi connectivity index (χ0n) is 6.32. The summed E-state index contributed by atoms with van der Waals surface area (Å²) in [7, 11) is 0. The third-order valence-electron chi connectivity index (χ3n) is 1.26. The molecule has 0 bridgehead atoms. The van der Waals surface area contributed by atoms with Gasteiger partial charge in [-0.25, -0.2) is 0 Å². The van der Waals surface area contributed by atoms with Crippen LogP contribution in [0.1, 0.15) is 25.1 Å². The van der Waals surface area contributed by atoms with E-state index in [1.807, 2.05) is 6.92 Å². The fourth-order valence-electron chi connectivity index (χ4n) is 0.753. The van der Waals surface area contributed by atoms with E-state index in [1.165, 1.54) is 0 Å². The van der Waals surface area contributed by atoms with Crippen LogP contribution in [0.15, 0.2) is 18.3 Å². The molecule has 0 aliphatic heterocycles. The van der Waals surface area contributed by atoms with Gasteiger partial charge in [0.2, 0.25) is 0 Å². The Morgan fingerprint density at radius 3 is 3.09 bits per heavy atom. The maximum Gasteiger partial charge on any atom is 0.103 e. The molecule has 1 heterocycles. The minimum atomic E-state index is -0.536. The van der Waals surface area contributed by atoms with Crippen molar-refractivity contribution in [2.75, 3.05) is 0 Å². The summed E-state index contributed by atoms with van der Waals surface area (Å²) in [6.45, 7) is 5.58. The Labute approximate surface area is 69.7 Å². The number of aromatic nitrogens is 2. The average Bonchev–Trinajstić information content (AvgIpc) is 2.35. The molecule has 1 aromatic heterocycles. The molecule has 0 saturated heterocycles. The van der Waals surface area contributed by atoms with Gasteiger partial charge in [-0.15, -0.1) is 6.58 Å². The van der Waals surface area contributed by atoms with E-state index >= 15 is 0 Å². The molecule has 3 nitrogen and oxygen atoms in total. The van der Waals surface area contributed by atoms with Gasteiger partial charge in [0.25, 0.3) is 0 Å². The molecular weight excluding hydrogens is 160 g/mol. The molecule has 1 unspecified atom stereocenters. The summed E-state index contributed by atoms with van der Waals surface area (Å²) in [5, 5.41) is 9.42. The van der Waals surface area contributed by atoms with Gasteiger partial charge in [0.05, 0.1) is 17.9 Å². The van der Waals surface area contributed by atoms with Gasteiger partial charge in [0.15, 0.2) is 0 Å². The van der Waals surface area contributed by atoms with Gasteiger partial charge in [-0.1, -0.05) is 5.57 Å². The van der Waals surface area contributed by atoms with E-state index in [-0.39, 0.29) is 0 Å². The summed E-state index contributed by atoms with van der Waals surface area (Å²) in [5.74, 6) is 0. The summed E-state index contributed by atoms with van der Waals surface area (Å²) in [4.78, 5) is 0. The summed E-state index contributed by atoms with van der Waals surface area (Å²) in [5.41, 5.74) is 1.59. The van der Waals surface area contributed by atoms with Crippen LogP contribution in [0.2, 0.25) is 0 Å². The average molecular weight is 170 g/mol. The van der Waals surface area contributed by atoms with Crippen LogP contribution >= 0.6 is 11.7 Å². The second-order valence-electron chi connectivity index (χ2n) is 2.51. The zero-order valence-corrected chi connectivity index (χ0v) is 7.14. The molecule has 1 N–H and O–H groups in total. The molecule has 0 aliphatic carbocycles. The molecule has 0 aliphatic rings. The molecule has 0 radical (unpaired) electrons. The predicted octanol–water partition coefficient (Wildman–Crippen LogP) is 1.54. The number of aliphatic hydroxyl groups is 1. The molecule has 4 heteroatoms. The van der Waals surface area contributed by atoms with Crippen molar-refractivity contribution >= 4 is 11.7 Å². The summed E-state index contributed by atoms with van der Waals surface area (Å²) in [6, 6.07) is 0. The van der Waals surface area contributed by atoms with Crippen molar-refractivity contribution in [3.05, 3.63) is 24.0 Å². The van der Waals surface area contributed by atoms with Gasteiger partial charge in [-0.05, 0) is 13.3 Å². The fourth-order valence-corrected chi connectivity index (χ4v) is 1.22. The largest absolute Gasteiger partial charge is 0.386 e. The monoisotopic (exact) mass is 170 g/mol. The summed E-state index contributed by atoms with van der Waals surface area (Å²) >= 11 is 1.11. The van der Waals surface area contributed by atoms with E-state index in [9.17, 15) is 5.11 Å². The van der Waals surface area contributed by atoms with Crippen LogP contribution < -0.4 is 0 Å². The standard InChI is InChI=1S/C7H10N2OS/c1-5(2)3-7(10)6-4-8-11-9-6/h4,7,10H,1,3H2,2H3. The molecule has 60 valence electrons. The molecule has 11 heavy (non-hydrogen) atoms. The van der Waals surface area contributed by atoms with Crippen molar-refractivity contribution < 1.29 is 5.11 Å². The summed E-state index contributed by atoms with van der Waals surface area (Å²) in [6.07, 6.45) is 1.61. The van der Waals surface area contributed by atoms with Crippen molar-refractivity contribution in [2.45, 2.75) is 19.4 Å². The first kappa shape index (κ1) is 8.36. The smallest absolute Gasteiger partial charge is 0.103 e. The van der Waals surface area contributed by atoms with Crippen LogP contribution in [0, 0.1) is 0 Å². The third kappa shape index (κ3) is 2.40. The van der Waals surface area contributed by atoms with Crippen molar-refractivity contribution in [2.24, 2.45) is 0 Å². The van der Waals surface area contributed by atoms with Crippen molar-refractivity contribution in [3.63, 3.8) is 0 Å². The minimum absolute atomic E-state index is 0.536. The highest BCUT2D eigenvalue weighted by Crippen LogP contribution is 2.17. The molecule has 0 saturated carbocycles. The lowest BCUT2D eigenvalue weighted by atomic mass is 10.1. The first-order valence-corrected chi connectivity index (χ1v) is 4.03. The van der Waals surface area contributed by atoms with Gasteiger partial charge in [-0.2, -0.15) is 8.75 Å². The minimum Gasteiger partial charge on any atom is -0.386 e. The number of aliphatic hydroxyl groups excluding tert-OH is 1. The molecule has 1 rings (SSSR count). The van der Waals surface area contributed by atoms with Gasteiger partial charge in [0.1, 0.15) is 11.8 Å². The lowest BCUT2D eigenvalue weighted by Crippen LogP contribution is -1.97. The molecular formula is C7H10N2OS. The number of hydrogen-bond donors (Lipinski definition) is 1. The maximum absolute atomic E-state index is 9.42. The lowest BCUT2D eigenvalue weighted by molar-refractivity contribution is 0.174. The highest BCUT2D eigenvalue weighted by molar-refractivity contribution is 6.99. The highest BCUT2D eigenvalue weighted by Gasteiger charge is 2.09. The maximum atomic E-state index is 9.42. The van der Waals surface area contributed by atoms with Crippen LogP contribution in [0.4, 0.5) is 0 Å². The Kier molecular flexibility index (Phi) is 2.73. The van der Waals surface area contributed by atoms with Gasteiger partial charge in [0, 0.05) is 0 Å². The van der Waals surface area contributed by atoms with Crippen molar-refractivity contribution in [1.82, 2.24) is 8.75 Å². The normalized spacial score (nSPS) is 12.9. The van der Waals surface area contributed by atoms with E-state index in [4.69, 9.17) is 0 Å². The number of hydrogen-bond acceptors (Lipinski definition) is 4. The molecule has 0 fully saturated rings. The van der Waals surface area contributed by atoms with E-state index in [0.717, 1.165) is 17.3 Å². The lowest BCUT2D eigenvalue weighted by Gasteiger charge is -2.04. The quantitative estimate of drug-likeness (QED) is 0.700. The topological polar surface area (TPSA) is 46.0 Å². The van der Waals surface area contributed by atoms with Crippen molar-refractivity contribution in [1.29, 1.82) is 0 Å². The highest BCUT2D eigenvalue weighted by atomic mass is 32.1. The van der Waals surface area contributed by atoms with E-state index in [2.05, 4.69) is 15.3 Å². The Morgan fingerprint density at radius 1 is 1.91 bits per heavy atom. The SMILES string of the molecule is C=C(C)CC(O)c1cnsn1. The number of nitrogens with zero attached hydrogens (tertiary/aromatic N) is 2. The number of rotatable bonds is 3. The van der Waals surface area contributed by atoms with E-state index in [0.29, 0.717) is 12.1 Å². The molecule has 1 aromatic rings. The Bertz CT molecular complexity index is 233. The van der Waals surface area contributed by atoms with Gasteiger partial charge < -0.3 is 5.11 Å². The Hall–Kier alpha value is -0.740. The fraction of sp³-hybridized carbons (Fsp3) is 0.429. The molecule has 0 spiro atoms. The predicted molar refractivity (Wildman–Crippen MR) is 44.3 cm³/mol. The van der Waals surface area contributed by atoms with Gasteiger partial charge >= 0.3 is 0 Å². The third-order valence-corrected chi connectivity index (χ3v) is 1.75. The Balaban J connectivity index is 2.56. The second-order valence-corrected chi connectivity index (χ2v) is 3.07. The van der Waals surface area contributed by atoms with Crippen LogP contribution in [-0.2, 0) is 0 Å². The van der Waals surface area contributed by atoms with Crippen LogP contribution in [-0.4, -0.2) is 13.9 Å². The zero-order chi connectivity index (χ0) is 8.27. The van der Waals surface area contributed by atoms with Crippen LogP contribution in [0.3, 0.4) is 0 Å². The second kappa shape index (κ2) is 3.59. The first-order valence-electron chi connectivity index (χ1n) is 3.30.